The fraction of sp³-hybridized carbons (Fsp3) is 0.200. The fourth-order valence-electron chi connectivity index (χ4n) is 0.982. The standard InChI is InChI=1S/C10H6F4O/c11-9-7(4-2-6-15)3-1-5-8(9)10(12,13)14/h1,3,5,15H,6H2. The van der Waals surface area contributed by atoms with Crippen LogP contribution in [0.2, 0.25) is 0 Å². The summed E-state index contributed by atoms with van der Waals surface area (Å²) in [6.45, 7) is -0.532. The second kappa shape index (κ2) is 4.32. The first kappa shape index (κ1) is 11.5. The summed E-state index contributed by atoms with van der Waals surface area (Å²) in [6.07, 6.45) is -4.74. The molecule has 0 aromatic heterocycles. The molecule has 0 aliphatic carbocycles. The molecule has 15 heavy (non-hydrogen) atoms. The lowest BCUT2D eigenvalue weighted by Gasteiger charge is -2.08. The Labute approximate surface area is 83.3 Å². The van der Waals surface area contributed by atoms with Crippen LogP contribution in [0.1, 0.15) is 11.1 Å². The van der Waals surface area contributed by atoms with Gasteiger partial charge < -0.3 is 5.11 Å². The van der Waals surface area contributed by atoms with Crippen molar-refractivity contribution in [1.29, 1.82) is 0 Å². The Morgan fingerprint density at radius 1 is 1.27 bits per heavy atom. The molecule has 1 N–H and O–H groups in total. The first-order chi connectivity index (χ1) is 6.96. The first-order valence-electron chi connectivity index (χ1n) is 3.92. The van der Waals surface area contributed by atoms with E-state index < -0.39 is 24.2 Å². The summed E-state index contributed by atoms with van der Waals surface area (Å²) in [5.41, 5.74) is -1.73. The third-order valence-electron chi connectivity index (χ3n) is 1.61. The maximum absolute atomic E-state index is 13.2. The highest BCUT2D eigenvalue weighted by Gasteiger charge is 2.34. The van der Waals surface area contributed by atoms with Gasteiger partial charge in [0, 0.05) is 0 Å². The quantitative estimate of drug-likeness (QED) is 0.522. The molecule has 0 aliphatic heterocycles. The van der Waals surface area contributed by atoms with E-state index in [2.05, 4.69) is 11.8 Å². The highest BCUT2D eigenvalue weighted by atomic mass is 19.4. The average Bonchev–Trinajstić information content (AvgIpc) is 2.14. The molecule has 0 fully saturated rings. The topological polar surface area (TPSA) is 20.2 Å². The minimum Gasteiger partial charge on any atom is -0.384 e. The zero-order valence-electron chi connectivity index (χ0n) is 7.40. The van der Waals surface area contributed by atoms with Crippen molar-refractivity contribution < 1.29 is 22.7 Å². The Balaban J connectivity index is 3.23. The minimum absolute atomic E-state index is 0.376. The van der Waals surface area contributed by atoms with Crippen LogP contribution in [0.25, 0.3) is 0 Å². The molecule has 0 saturated heterocycles. The molecule has 0 amide bonds. The Hall–Kier alpha value is -1.54. The number of hydrogen-bond acceptors (Lipinski definition) is 1. The Bertz CT molecular complexity index is 412. The zero-order valence-corrected chi connectivity index (χ0v) is 7.40. The molecular formula is C10H6F4O. The maximum atomic E-state index is 13.2. The van der Waals surface area contributed by atoms with E-state index in [1.54, 1.807) is 0 Å². The van der Waals surface area contributed by atoms with Gasteiger partial charge in [0.15, 0.2) is 5.82 Å². The maximum Gasteiger partial charge on any atom is 0.419 e. The van der Waals surface area contributed by atoms with Crippen LogP contribution in [0.4, 0.5) is 17.6 Å². The molecule has 0 saturated carbocycles. The molecule has 1 nitrogen and oxygen atoms in total. The molecule has 1 rings (SSSR count). The number of halogens is 4. The Morgan fingerprint density at radius 3 is 2.47 bits per heavy atom. The molecule has 80 valence electrons. The second-order valence-corrected chi connectivity index (χ2v) is 2.62. The smallest absolute Gasteiger partial charge is 0.384 e. The van der Waals surface area contributed by atoms with E-state index in [1.807, 2.05) is 0 Å². The van der Waals surface area contributed by atoms with E-state index in [0.29, 0.717) is 6.07 Å². The fourth-order valence-corrected chi connectivity index (χ4v) is 0.982. The summed E-state index contributed by atoms with van der Waals surface area (Å²) in [6, 6.07) is 2.82. The number of aliphatic hydroxyl groups is 1. The number of rotatable bonds is 0. The van der Waals surface area contributed by atoms with Crippen LogP contribution in [0.3, 0.4) is 0 Å². The Kier molecular flexibility index (Phi) is 3.32. The largest absolute Gasteiger partial charge is 0.419 e. The van der Waals surface area contributed by atoms with Crippen molar-refractivity contribution >= 4 is 0 Å². The summed E-state index contributed by atoms with van der Waals surface area (Å²) >= 11 is 0. The van der Waals surface area contributed by atoms with Gasteiger partial charge in [-0.15, -0.1) is 0 Å². The van der Waals surface area contributed by atoms with Crippen LogP contribution in [-0.2, 0) is 6.18 Å². The van der Waals surface area contributed by atoms with Crippen LogP contribution < -0.4 is 0 Å². The van der Waals surface area contributed by atoms with Gasteiger partial charge in [-0.25, -0.2) is 4.39 Å². The molecule has 5 heteroatoms. The van der Waals surface area contributed by atoms with Crippen molar-refractivity contribution in [3.63, 3.8) is 0 Å². The first-order valence-corrected chi connectivity index (χ1v) is 3.92. The van der Waals surface area contributed by atoms with Gasteiger partial charge in [-0.05, 0) is 12.1 Å². The second-order valence-electron chi connectivity index (χ2n) is 2.62. The average molecular weight is 218 g/mol. The van der Waals surface area contributed by atoms with Crippen LogP contribution in [0.5, 0.6) is 0 Å². The van der Waals surface area contributed by atoms with Crippen molar-refractivity contribution in [3.05, 3.63) is 35.1 Å². The summed E-state index contributed by atoms with van der Waals surface area (Å²) < 4.78 is 49.8. The third-order valence-corrected chi connectivity index (χ3v) is 1.61. The summed E-state index contributed by atoms with van der Waals surface area (Å²) in [7, 11) is 0. The lowest BCUT2D eigenvalue weighted by Crippen LogP contribution is -2.08. The summed E-state index contributed by atoms with van der Waals surface area (Å²) in [5, 5.41) is 8.33. The van der Waals surface area contributed by atoms with Crippen LogP contribution in [-0.4, -0.2) is 11.7 Å². The van der Waals surface area contributed by atoms with Crippen LogP contribution in [0.15, 0.2) is 18.2 Å². The number of benzene rings is 1. The number of hydrogen-bond donors (Lipinski definition) is 1. The van der Waals surface area contributed by atoms with E-state index in [1.165, 1.54) is 0 Å². The Morgan fingerprint density at radius 2 is 1.93 bits per heavy atom. The molecule has 0 bridgehead atoms. The van der Waals surface area contributed by atoms with Gasteiger partial charge in [0.2, 0.25) is 0 Å². The monoisotopic (exact) mass is 218 g/mol. The summed E-state index contributed by atoms with van der Waals surface area (Å²) in [4.78, 5) is 0. The highest BCUT2D eigenvalue weighted by Crippen LogP contribution is 2.32. The van der Waals surface area contributed by atoms with Gasteiger partial charge in [-0.2, -0.15) is 13.2 Å². The van der Waals surface area contributed by atoms with Crippen molar-refractivity contribution in [1.82, 2.24) is 0 Å². The van der Waals surface area contributed by atoms with E-state index in [0.717, 1.165) is 12.1 Å². The predicted octanol–water partition coefficient (Wildman–Crippen LogP) is 2.19. The van der Waals surface area contributed by atoms with Gasteiger partial charge in [0.25, 0.3) is 0 Å². The molecule has 0 spiro atoms. The molecule has 0 heterocycles. The van der Waals surface area contributed by atoms with E-state index in [4.69, 9.17) is 5.11 Å². The SMILES string of the molecule is OCC#Cc1cccc(C(F)(F)F)c1F. The summed E-state index contributed by atoms with van der Waals surface area (Å²) in [5.74, 6) is 2.77. The third kappa shape index (κ3) is 2.70. The molecule has 0 atom stereocenters. The van der Waals surface area contributed by atoms with E-state index in [9.17, 15) is 17.6 Å². The number of alkyl halides is 3. The van der Waals surface area contributed by atoms with Crippen LogP contribution in [0, 0.1) is 17.7 Å². The van der Waals surface area contributed by atoms with Gasteiger partial charge >= 0.3 is 6.18 Å². The highest BCUT2D eigenvalue weighted by molar-refractivity contribution is 5.39. The zero-order chi connectivity index (χ0) is 11.5. The van der Waals surface area contributed by atoms with Crippen molar-refractivity contribution in [2.75, 3.05) is 6.61 Å². The molecule has 0 aliphatic rings. The molecule has 1 aromatic carbocycles. The van der Waals surface area contributed by atoms with Crippen molar-refractivity contribution in [2.24, 2.45) is 0 Å². The van der Waals surface area contributed by atoms with Gasteiger partial charge in [-0.3, -0.25) is 0 Å². The molecule has 0 radical (unpaired) electrons. The lowest BCUT2D eigenvalue weighted by atomic mass is 10.1. The normalized spacial score (nSPS) is 10.7. The van der Waals surface area contributed by atoms with Crippen LogP contribution >= 0.6 is 0 Å². The van der Waals surface area contributed by atoms with Crippen molar-refractivity contribution in [3.8, 4) is 11.8 Å². The van der Waals surface area contributed by atoms with Gasteiger partial charge in [0.1, 0.15) is 6.61 Å². The molecule has 0 unspecified atom stereocenters. The van der Waals surface area contributed by atoms with Crippen molar-refractivity contribution in [2.45, 2.75) is 6.18 Å². The minimum atomic E-state index is -4.74. The van der Waals surface area contributed by atoms with Gasteiger partial charge in [0.05, 0.1) is 11.1 Å². The number of aliphatic hydroxyl groups excluding tert-OH is 1. The predicted molar refractivity (Wildman–Crippen MR) is 45.4 cm³/mol. The van der Waals surface area contributed by atoms with E-state index in [-0.39, 0.29) is 5.56 Å². The molecular weight excluding hydrogens is 212 g/mol. The lowest BCUT2D eigenvalue weighted by molar-refractivity contribution is -0.140. The molecule has 1 aromatic rings. The van der Waals surface area contributed by atoms with Gasteiger partial charge in [-0.1, -0.05) is 17.9 Å². The van der Waals surface area contributed by atoms with E-state index >= 15 is 0 Å².